The van der Waals surface area contributed by atoms with Crippen LogP contribution in [0.1, 0.15) is 34.6 Å². The fraction of sp³-hybridized carbons (Fsp3) is 0.526. The van der Waals surface area contributed by atoms with Gasteiger partial charge in [0.25, 0.3) is 5.91 Å². The maximum atomic E-state index is 13.0. The van der Waals surface area contributed by atoms with Crippen LogP contribution in [0, 0.1) is 25.7 Å². The molecule has 4 rings (SSSR count). The molecule has 140 valence electrons. The zero-order valence-corrected chi connectivity index (χ0v) is 16.1. The van der Waals surface area contributed by atoms with Gasteiger partial charge < -0.3 is 10.2 Å². The number of hydrogen-bond donors (Lipinski definition) is 1. The quantitative estimate of drug-likeness (QED) is 0.875. The van der Waals surface area contributed by atoms with E-state index in [-0.39, 0.29) is 18.3 Å². The number of carbonyl (C=O) groups is 1. The van der Waals surface area contributed by atoms with Gasteiger partial charge >= 0.3 is 0 Å². The highest BCUT2D eigenvalue weighted by Crippen LogP contribution is 2.28. The number of nitrogens with one attached hydrogen (secondary N) is 1. The van der Waals surface area contributed by atoms with Gasteiger partial charge in [-0.1, -0.05) is 17.3 Å². The molecule has 0 saturated carbocycles. The first-order chi connectivity index (χ1) is 12.1. The highest BCUT2D eigenvalue weighted by atomic mass is 35.5. The van der Waals surface area contributed by atoms with Crippen LogP contribution in [-0.2, 0) is 0 Å². The zero-order valence-electron chi connectivity index (χ0n) is 15.3. The normalized spacial score (nSPS) is 22.5. The molecule has 7 heteroatoms. The Bertz CT molecular complexity index is 776. The summed E-state index contributed by atoms with van der Waals surface area (Å²) in [6, 6.07) is 8.08. The number of aromatic nitrogens is 3. The van der Waals surface area contributed by atoms with Crippen molar-refractivity contribution in [1.82, 2.24) is 25.2 Å². The summed E-state index contributed by atoms with van der Waals surface area (Å²) in [5.74, 6) is 1.44. The number of nitrogens with zero attached hydrogens (tertiary/aromatic N) is 4. The van der Waals surface area contributed by atoms with E-state index in [1.807, 2.05) is 36.9 Å². The van der Waals surface area contributed by atoms with Crippen LogP contribution in [0.2, 0.25) is 0 Å². The van der Waals surface area contributed by atoms with Crippen molar-refractivity contribution < 1.29 is 4.79 Å². The van der Waals surface area contributed by atoms with Gasteiger partial charge in [0.2, 0.25) is 0 Å². The molecule has 1 amide bonds. The van der Waals surface area contributed by atoms with Crippen LogP contribution in [0.3, 0.4) is 0 Å². The van der Waals surface area contributed by atoms with Crippen molar-refractivity contribution in [3.63, 3.8) is 0 Å². The van der Waals surface area contributed by atoms with Crippen LogP contribution >= 0.6 is 12.4 Å². The largest absolute Gasteiger partial charge is 0.337 e. The van der Waals surface area contributed by atoms with Crippen LogP contribution in [0.15, 0.2) is 24.3 Å². The van der Waals surface area contributed by atoms with Gasteiger partial charge in [0.1, 0.15) is 0 Å². The summed E-state index contributed by atoms with van der Waals surface area (Å²) in [5, 5.41) is 11.9. The van der Waals surface area contributed by atoms with Gasteiger partial charge in [-0.2, -0.15) is 0 Å². The Balaban J connectivity index is 0.00000196. The SMILES string of the molecule is Cc1cccc(-n2nnc(C(=O)N3CC[C@@H]4CNC[C@@H]4CC3)c2C)c1.Cl. The smallest absolute Gasteiger partial charge is 0.276 e. The lowest BCUT2D eigenvalue weighted by Crippen LogP contribution is -2.33. The van der Waals surface area contributed by atoms with Crippen molar-refractivity contribution in [3.8, 4) is 5.69 Å². The van der Waals surface area contributed by atoms with Gasteiger partial charge in [0.15, 0.2) is 5.69 Å². The Labute approximate surface area is 160 Å². The highest BCUT2D eigenvalue weighted by molar-refractivity contribution is 5.93. The minimum Gasteiger partial charge on any atom is -0.337 e. The van der Waals surface area contributed by atoms with E-state index in [0.717, 1.165) is 56.0 Å². The van der Waals surface area contributed by atoms with Crippen LogP contribution in [-0.4, -0.2) is 52.0 Å². The Morgan fingerprint density at radius 2 is 1.85 bits per heavy atom. The molecule has 2 saturated heterocycles. The zero-order chi connectivity index (χ0) is 17.4. The molecule has 0 bridgehead atoms. The van der Waals surface area contributed by atoms with Gasteiger partial charge in [0.05, 0.1) is 11.4 Å². The number of carbonyl (C=O) groups excluding carboxylic acids is 1. The third-order valence-corrected chi connectivity index (χ3v) is 5.65. The Kier molecular flexibility index (Phi) is 5.63. The van der Waals surface area contributed by atoms with E-state index in [1.54, 1.807) is 4.68 Å². The molecule has 2 aliphatic heterocycles. The van der Waals surface area contributed by atoms with Crippen LogP contribution in [0.5, 0.6) is 0 Å². The second-order valence-corrected chi connectivity index (χ2v) is 7.32. The van der Waals surface area contributed by atoms with E-state index >= 15 is 0 Å². The summed E-state index contributed by atoms with van der Waals surface area (Å²) in [5.41, 5.74) is 3.39. The minimum absolute atomic E-state index is 0. The molecule has 2 atom stereocenters. The number of halogens is 1. The maximum absolute atomic E-state index is 13.0. The average molecular weight is 376 g/mol. The molecule has 0 aliphatic carbocycles. The van der Waals surface area contributed by atoms with Gasteiger partial charge in [-0.15, -0.1) is 17.5 Å². The Morgan fingerprint density at radius 1 is 1.15 bits per heavy atom. The standard InChI is InChI=1S/C19H25N5O.ClH/c1-13-4-3-5-17(10-13)24-14(2)18(21-22-24)19(25)23-8-6-15-11-20-12-16(15)7-9-23;/h3-5,10,15-16,20H,6-9,11-12H2,1-2H3;1H/t15-,16+;. The molecule has 6 nitrogen and oxygen atoms in total. The molecule has 0 radical (unpaired) electrons. The topological polar surface area (TPSA) is 63.1 Å². The van der Waals surface area contributed by atoms with E-state index in [9.17, 15) is 4.79 Å². The van der Waals surface area contributed by atoms with E-state index in [4.69, 9.17) is 0 Å². The molecule has 3 heterocycles. The number of hydrogen-bond acceptors (Lipinski definition) is 4. The van der Waals surface area contributed by atoms with Crippen molar-refractivity contribution in [3.05, 3.63) is 41.2 Å². The third-order valence-electron chi connectivity index (χ3n) is 5.65. The van der Waals surface area contributed by atoms with E-state index in [2.05, 4.69) is 21.7 Å². The molecule has 0 unspecified atom stereocenters. The Hall–Kier alpha value is -1.92. The molecular weight excluding hydrogens is 350 g/mol. The number of benzene rings is 1. The molecule has 1 N–H and O–H groups in total. The lowest BCUT2D eigenvalue weighted by atomic mass is 9.92. The van der Waals surface area contributed by atoms with Crippen molar-refractivity contribution in [2.75, 3.05) is 26.2 Å². The Morgan fingerprint density at radius 3 is 2.50 bits per heavy atom. The molecule has 26 heavy (non-hydrogen) atoms. The summed E-state index contributed by atoms with van der Waals surface area (Å²) in [4.78, 5) is 15.0. The van der Waals surface area contributed by atoms with Gasteiger partial charge in [0, 0.05) is 13.1 Å². The van der Waals surface area contributed by atoms with Crippen molar-refractivity contribution in [2.24, 2.45) is 11.8 Å². The predicted octanol–water partition coefficient (Wildman–Crippen LogP) is 2.38. The predicted molar refractivity (Wildman–Crippen MR) is 103 cm³/mol. The van der Waals surface area contributed by atoms with Crippen LogP contribution < -0.4 is 5.32 Å². The van der Waals surface area contributed by atoms with E-state index < -0.39 is 0 Å². The second kappa shape index (κ2) is 7.76. The molecular formula is C19H26ClN5O. The molecule has 1 aromatic heterocycles. The summed E-state index contributed by atoms with van der Waals surface area (Å²) in [6.45, 7) is 7.79. The summed E-state index contributed by atoms with van der Waals surface area (Å²) in [7, 11) is 0. The summed E-state index contributed by atoms with van der Waals surface area (Å²) >= 11 is 0. The summed E-state index contributed by atoms with van der Waals surface area (Å²) < 4.78 is 1.76. The van der Waals surface area contributed by atoms with E-state index in [1.165, 1.54) is 0 Å². The molecule has 1 aromatic carbocycles. The first kappa shape index (κ1) is 18.9. The average Bonchev–Trinajstić information content (AvgIpc) is 3.16. The number of likely N-dealkylation sites (tertiary alicyclic amines) is 1. The number of rotatable bonds is 2. The first-order valence-electron chi connectivity index (χ1n) is 9.13. The van der Waals surface area contributed by atoms with E-state index in [0.29, 0.717) is 17.5 Å². The molecule has 2 aliphatic rings. The lowest BCUT2D eigenvalue weighted by Gasteiger charge is -2.20. The highest BCUT2D eigenvalue weighted by Gasteiger charge is 2.32. The third kappa shape index (κ3) is 3.48. The number of aryl methyl sites for hydroxylation is 1. The lowest BCUT2D eigenvalue weighted by molar-refractivity contribution is 0.0751. The van der Waals surface area contributed by atoms with Crippen LogP contribution in [0.25, 0.3) is 5.69 Å². The summed E-state index contributed by atoms with van der Waals surface area (Å²) in [6.07, 6.45) is 2.16. The van der Waals surface area contributed by atoms with Crippen molar-refractivity contribution >= 4 is 18.3 Å². The van der Waals surface area contributed by atoms with Crippen molar-refractivity contribution in [2.45, 2.75) is 26.7 Å². The van der Waals surface area contributed by atoms with Gasteiger partial charge in [-0.25, -0.2) is 4.68 Å². The molecule has 2 fully saturated rings. The van der Waals surface area contributed by atoms with Gasteiger partial charge in [-0.3, -0.25) is 4.79 Å². The fourth-order valence-corrected chi connectivity index (χ4v) is 4.10. The van der Waals surface area contributed by atoms with Crippen LogP contribution in [0.4, 0.5) is 0 Å². The molecule has 2 aromatic rings. The first-order valence-corrected chi connectivity index (χ1v) is 9.13. The second-order valence-electron chi connectivity index (χ2n) is 7.32. The maximum Gasteiger partial charge on any atom is 0.276 e. The number of amides is 1. The monoisotopic (exact) mass is 375 g/mol. The fourth-order valence-electron chi connectivity index (χ4n) is 4.10. The molecule has 0 spiro atoms. The van der Waals surface area contributed by atoms with Crippen molar-refractivity contribution in [1.29, 1.82) is 0 Å². The van der Waals surface area contributed by atoms with Gasteiger partial charge in [-0.05, 0) is 69.3 Å². The minimum atomic E-state index is 0. The number of fused-ring (bicyclic) bond motifs is 1.